The number of aromatic amines is 1. The van der Waals surface area contributed by atoms with E-state index in [2.05, 4.69) is 20.5 Å². The maximum Gasteiger partial charge on any atom is 0.586 e. The number of ketones is 1. The summed E-state index contributed by atoms with van der Waals surface area (Å²) in [5.41, 5.74) is 4.60. The molecule has 0 unspecified atom stereocenters. The van der Waals surface area contributed by atoms with Crippen molar-refractivity contribution in [1.82, 2.24) is 9.97 Å². The van der Waals surface area contributed by atoms with Gasteiger partial charge in [0.1, 0.15) is 5.78 Å². The van der Waals surface area contributed by atoms with Crippen LogP contribution in [0.2, 0.25) is 0 Å². The van der Waals surface area contributed by atoms with Gasteiger partial charge in [0.05, 0.1) is 11.1 Å². The lowest BCUT2D eigenvalue weighted by Crippen LogP contribution is -2.26. The van der Waals surface area contributed by atoms with Gasteiger partial charge in [-0.05, 0) is 67.3 Å². The standard InChI is InChI=1S/C26H20F2N2O3/c1-15-2-5-19(30-24(15)17-3-6-20-16(12-17)8-11-29-20)14-23(31)25(9-10-25)18-4-7-21-22(13-18)33-26(27,28)32-21/h2-8,11-13,29H,9-10,14H2,1H3. The number of hydrogen-bond acceptors (Lipinski definition) is 4. The van der Waals surface area contributed by atoms with Crippen molar-refractivity contribution >= 4 is 16.7 Å². The summed E-state index contributed by atoms with van der Waals surface area (Å²) in [6.45, 7) is 2.00. The van der Waals surface area contributed by atoms with Gasteiger partial charge in [-0.1, -0.05) is 18.2 Å². The van der Waals surface area contributed by atoms with Crippen LogP contribution in [0.15, 0.2) is 60.8 Å². The molecule has 2 aromatic heterocycles. The van der Waals surface area contributed by atoms with E-state index in [9.17, 15) is 13.6 Å². The smallest absolute Gasteiger partial charge is 0.395 e. The van der Waals surface area contributed by atoms with Crippen LogP contribution in [0.5, 0.6) is 11.5 Å². The van der Waals surface area contributed by atoms with Gasteiger partial charge in [0.2, 0.25) is 0 Å². The zero-order chi connectivity index (χ0) is 22.8. The summed E-state index contributed by atoms with van der Waals surface area (Å²) in [4.78, 5) is 21.3. The first-order chi connectivity index (χ1) is 15.8. The number of fused-ring (bicyclic) bond motifs is 2. The predicted molar refractivity (Wildman–Crippen MR) is 119 cm³/mol. The molecule has 1 N–H and O–H groups in total. The van der Waals surface area contributed by atoms with Crippen molar-refractivity contribution in [3.8, 4) is 22.8 Å². The second-order valence-corrected chi connectivity index (χ2v) is 8.76. The third-order valence-electron chi connectivity index (χ3n) is 6.56. The third-order valence-corrected chi connectivity index (χ3v) is 6.56. The third kappa shape index (κ3) is 3.35. The van der Waals surface area contributed by atoms with Crippen LogP contribution >= 0.6 is 0 Å². The highest BCUT2D eigenvalue weighted by Gasteiger charge is 2.52. The lowest BCUT2D eigenvalue weighted by Gasteiger charge is -2.15. The molecule has 2 aromatic carbocycles. The van der Waals surface area contributed by atoms with E-state index < -0.39 is 11.7 Å². The van der Waals surface area contributed by atoms with E-state index in [0.717, 1.165) is 27.7 Å². The van der Waals surface area contributed by atoms with Gasteiger partial charge in [-0.15, -0.1) is 8.78 Å². The van der Waals surface area contributed by atoms with Crippen LogP contribution in [0.25, 0.3) is 22.2 Å². The molecule has 0 bridgehead atoms. The van der Waals surface area contributed by atoms with E-state index in [0.29, 0.717) is 24.1 Å². The first kappa shape index (κ1) is 19.9. The summed E-state index contributed by atoms with van der Waals surface area (Å²) in [5.74, 6) is -0.0276. The molecule has 0 spiro atoms. The fourth-order valence-electron chi connectivity index (χ4n) is 4.59. The molecule has 0 radical (unpaired) electrons. The number of ether oxygens (including phenoxy) is 2. The Labute approximate surface area is 188 Å². The van der Waals surface area contributed by atoms with Gasteiger partial charge in [-0.3, -0.25) is 9.78 Å². The number of carbonyl (C=O) groups excluding carboxylic acids is 1. The van der Waals surface area contributed by atoms with Crippen molar-refractivity contribution < 1.29 is 23.0 Å². The van der Waals surface area contributed by atoms with E-state index in [4.69, 9.17) is 4.98 Å². The highest BCUT2D eigenvalue weighted by molar-refractivity contribution is 5.94. The molecule has 1 aliphatic heterocycles. The maximum absolute atomic E-state index is 13.4. The Morgan fingerprint density at radius 3 is 2.67 bits per heavy atom. The van der Waals surface area contributed by atoms with Crippen LogP contribution < -0.4 is 9.47 Å². The molecule has 0 atom stereocenters. The molecule has 4 aromatic rings. The quantitative estimate of drug-likeness (QED) is 0.427. The number of benzene rings is 2. The number of rotatable bonds is 5. The van der Waals surface area contributed by atoms with Gasteiger partial charge in [0, 0.05) is 34.8 Å². The molecular formula is C26H20F2N2O3. The molecule has 1 aliphatic carbocycles. The van der Waals surface area contributed by atoms with Gasteiger partial charge in [-0.2, -0.15) is 0 Å². The van der Waals surface area contributed by atoms with Crippen LogP contribution in [-0.4, -0.2) is 22.0 Å². The van der Waals surface area contributed by atoms with Crippen molar-refractivity contribution in [3.05, 3.63) is 77.6 Å². The van der Waals surface area contributed by atoms with Gasteiger partial charge < -0.3 is 14.5 Å². The Morgan fingerprint density at radius 1 is 1.03 bits per heavy atom. The molecule has 0 saturated heterocycles. The number of pyridine rings is 1. The number of carbonyl (C=O) groups is 1. The fourth-order valence-corrected chi connectivity index (χ4v) is 4.59. The number of halogens is 2. The van der Waals surface area contributed by atoms with Gasteiger partial charge in [-0.25, -0.2) is 0 Å². The molecule has 1 fully saturated rings. The minimum absolute atomic E-state index is 0.0174. The van der Waals surface area contributed by atoms with Crippen LogP contribution in [0.3, 0.4) is 0 Å². The Morgan fingerprint density at radius 2 is 1.85 bits per heavy atom. The average molecular weight is 446 g/mol. The average Bonchev–Trinajstić information content (AvgIpc) is 3.35. The second kappa shape index (κ2) is 6.88. The molecule has 3 heterocycles. The van der Waals surface area contributed by atoms with Crippen molar-refractivity contribution in [2.75, 3.05) is 0 Å². The Hall–Kier alpha value is -3.74. The highest BCUT2D eigenvalue weighted by atomic mass is 19.3. The lowest BCUT2D eigenvalue weighted by molar-refractivity contribution is -0.286. The summed E-state index contributed by atoms with van der Waals surface area (Å²) in [6.07, 6.45) is -0.261. The number of H-pyrrole nitrogens is 1. The maximum atomic E-state index is 13.4. The molecule has 7 heteroatoms. The minimum atomic E-state index is -3.67. The van der Waals surface area contributed by atoms with E-state index >= 15 is 0 Å². The van der Waals surface area contributed by atoms with Crippen molar-refractivity contribution in [1.29, 1.82) is 0 Å². The number of Topliss-reactive ketones (excluding diaryl/α,β-unsaturated/α-hetero) is 1. The number of aryl methyl sites for hydroxylation is 1. The number of alkyl halides is 2. The van der Waals surface area contributed by atoms with Gasteiger partial charge in [0.25, 0.3) is 0 Å². The van der Waals surface area contributed by atoms with E-state index in [1.54, 1.807) is 6.07 Å². The van der Waals surface area contributed by atoms with Gasteiger partial charge >= 0.3 is 6.29 Å². The summed E-state index contributed by atoms with van der Waals surface area (Å²) in [7, 11) is 0. The van der Waals surface area contributed by atoms with Crippen LogP contribution in [0.1, 0.15) is 29.7 Å². The van der Waals surface area contributed by atoms with Crippen molar-refractivity contribution in [2.24, 2.45) is 0 Å². The topological polar surface area (TPSA) is 64.2 Å². The SMILES string of the molecule is Cc1ccc(CC(=O)C2(c3ccc4c(c3)OC(F)(F)O4)CC2)nc1-c1ccc2[nH]ccc2c1. The monoisotopic (exact) mass is 446 g/mol. The molecule has 2 aliphatic rings. The molecule has 1 saturated carbocycles. The summed E-state index contributed by atoms with van der Waals surface area (Å²) in [6, 6.07) is 16.6. The lowest BCUT2D eigenvalue weighted by atomic mass is 9.88. The van der Waals surface area contributed by atoms with E-state index in [1.165, 1.54) is 12.1 Å². The number of nitrogens with one attached hydrogen (secondary N) is 1. The first-order valence-corrected chi connectivity index (χ1v) is 10.8. The minimum Gasteiger partial charge on any atom is -0.395 e. The van der Waals surface area contributed by atoms with Crippen molar-refractivity contribution in [2.45, 2.75) is 37.9 Å². The summed E-state index contributed by atoms with van der Waals surface area (Å²) in [5, 5.41) is 1.10. The number of nitrogens with zero attached hydrogens (tertiary/aromatic N) is 1. The molecule has 5 nitrogen and oxygen atoms in total. The Balaban J connectivity index is 1.28. The summed E-state index contributed by atoms with van der Waals surface area (Å²) >= 11 is 0. The Kier molecular flexibility index (Phi) is 4.15. The largest absolute Gasteiger partial charge is 0.586 e. The molecule has 6 rings (SSSR count). The fraction of sp³-hybridized carbons (Fsp3) is 0.231. The number of aromatic nitrogens is 2. The van der Waals surface area contributed by atoms with Gasteiger partial charge in [0.15, 0.2) is 11.5 Å². The predicted octanol–water partition coefficient (Wildman–Crippen LogP) is 5.70. The Bertz CT molecular complexity index is 1420. The summed E-state index contributed by atoms with van der Waals surface area (Å²) < 4.78 is 35.8. The normalized spacial score (nSPS) is 17.3. The van der Waals surface area contributed by atoms with Crippen molar-refractivity contribution in [3.63, 3.8) is 0 Å². The van der Waals surface area contributed by atoms with Crippen LogP contribution in [0, 0.1) is 6.92 Å². The highest BCUT2D eigenvalue weighted by Crippen LogP contribution is 2.52. The van der Waals surface area contributed by atoms with E-state index in [1.807, 2.05) is 43.5 Å². The van der Waals surface area contributed by atoms with E-state index in [-0.39, 0.29) is 23.7 Å². The molecule has 33 heavy (non-hydrogen) atoms. The zero-order valence-corrected chi connectivity index (χ0v) is 17.8. The first-order valence-electron chi connectivity index (χ1n) is 10.8. The second-order valence-electron chi connectivity index (χ2n) is 8.76. The van der Waals surface area contributed by atoms with Crippen LogP contribution in [-0.2, 0) is 16.6 Å². The molecule has 0 amide bonds. The van der Waals surface area contributed by atoms with Crippen LogP contribution in [0.4, 0.5) is 8.78 Å². The zero-order valence-electron chi connectivity index (χ0n) is 17.8. The molecular weight excluding hydrogens is 426 g/mol. The molecule has 166 valence electrons. The number of hydrogen-bond donors (Lipinski definition) is 1.